The lowest BCUT2D eigenvalue weighted by atomic mass is 9.96. The maximum Gasteiger partial charge on any atom is 0.128 e. The molecule has 22 heavy (non-hydrogen) atoms. The number of rotatable bonds is 7. The van der Waals surface area contributed by atoms with Gasteiger partial charge in [0.2, 0.25) is 0 Å². The molecule has 2 rings (SSSR count). The number of ether oxygens (including phenoxy) is 1. The predicted octanol–water partition coefficient (Wildman–Crippen LogP) is 5.00. The Morgan fingerprint density at radius 2 is 2.05 bits per heavy atom. The molecule has 1 N–H and O–H groups in total. The second kappa shape index (κ2) is 7.75. The summed E-state index contributed by atoms with van der Waals surface area (Å²) in [4.78, 5) is 4.80. The number of hydrogen-bond donors (Lipinski definition) is 1. The molecule has 0 aliphatic carbocycles. The third kappa shape index (κ3) is 3.68. The fourth-order valence-electron chi connectivity index (χ4n) is 2.31. The van der Waals surface area contributed by atoms with Gasteiger partial charge in [0.05, 0.1) is 18.3 Å². The molecule has 0 fully saturated rings. The molecule has 0 bridgehead atoms. The summed E-state index contributed by atoms with van der Waals surface area (Å²) >= 11 is 1.69. The minimum Gasteiger partial charge on any atom is -0.493 e. The average molecular weight is 318 g/mol. The molecular weight excluding hydrogens is 292 g/mol. The van der Waals surface area contributed by atoms with Crippen LogP contribution in [0.5, 0.6) is 5.75 Å². The van der Waals surface area contributed by atoms with Crippen molar-refractivity contribution in [1.82, 2.24) is 10.3 Å². The quantitative estimate of drug-likeness (QED) is 0.780. The molecule has 4 heteroatoms. The van der Waals surface area contributed by atoms with Gasteiger partial charge in [0.25, 0.3) is 0 Å². The molecule has 0 saturated heterocycles. The van der Waals surface area contributed by atoms with E-state index >= 15 is 0 Å². The summed E-state index contributed by atoms with van der Waals surface area (Å²) in [6, 6.07) is 6.77. The summed E-state index contributed by atoms with van der Waals surface area (Å²) in [5.41, 5.74) is 3.46. The van der Waals surface area contributed by atoms with E-state index < -0.39 is 0 Å². The molecule has 0 saturated carbocycles. The first-order valence-electron chi connectivity index (χ1n) is 8.00. The average Bonchev–Trinajstić information content (AvgIpc) is 3.03. The summed E-state index contributed by atoms with van der Waals surface area (Å²) in [5.74, 6) is 1.47. The standard InChI is InChI=1S/C18H26N2OS/c1-6-12(3)14-8-9-17(21-7-2)15(10-14)16-11-22-18(20-16)13(4)19-5/h8-13,19H,6-7H2,1-5H3. The molecule has 1 heterocycles. The van der Waals surface area contributed by atoms with Gasteiger partial charge in [-0.05, 0) is 50.9 Å². The number of aromatic nitrogens is 1. The normalized spacial score (nSPS) is 13.9. The first kappa shape index (κ1) is 17.0. The highest BCUT2D eigenvalue weighted by atomic mass is 32.1. The SMILES string of the molecule is CCOc1ccc(C(C)CC)cc1-c1csc(C(C)NC)n1. The summed E-state index contributed by atoms with van der Waals surface area (Å²) in [7, 11) is 1.96. The Balaban J connectivity index is 2.43. The Morgan fingerprint density at radius 3 is 2.68 bits per heavy atom. The summed E-state index contributed by atoms with van der Waals surface area (Å²) in [6.07, 6.45) is 1.13. The zero-order valence-electron chi connectivity index (χ0n) is 14.1. The first-order valence-corrected chi connectivity index (χ1v) is 8.88. The summed E-state index contributed by atoms with van der Waals surface area (Å²) in [6.45, 7) is 9.29. The Kier molecular flexibility index (Phi) is 5.98. The zero-order valence-corrected chi connectivity index (χ0v) is 15.0. The van der Waals surface area contributed by atoms with Crippen LogP contribution in [0.1, 0.15) is 56.6 Å². The van der Waals surface area contributed by atoms with E-state index in [1.54, 1.807) is 11.3 Å². The van der Waals surface area contributed by atoms with Gasteiger partial charge in [-0.15, -0.1) is 11.3 Å². The lowest BCUT2D eigenvalue weighted by molar-refractivity contribution is 0.341. The van der Waals surface area contributed by atoms with Gasteiger partial charge < -0.3 is 10.1 Å². The van der Waals surface area contributed by atoms with Gasteiger partial charge in [0.15, 0.2) is 0 Å². The molecule has 1 aromatic heterocycles. The van der Waals surface area contributed by atoms with E-state index in [0.717, 1.165) is 28.4 Å². The van der Waals surface area contributed by atoms with Crippen LogP contribution in [0.2, 0.25) is 0 Å². The van der Waals surface area contributed by atoms with Gasteiger partial charge in [0.1, 0.15) is 10.8 Å². The van der Waals surface area contributed by atoms with Gasteiger partial charge in [0, 0.05) is 10.9 Å². The Hall–Kier alpha value is -1.39. The fourth-order valence-corrected chi connectivity index (χ4v) is 3.19. The van der Waals surface area contributed by atoms with Crippen molar-refractivity contribution in [2.45, 2.75) is 46.1 Å². The van der Waals surface area contributed by atoms with E-state index in [1.165, 1.54) is 5.56 Å². The van der Waals surface area contributed by atoms with Gasteiger partial charge in [-0.1, -0.05) is 19.9 Å². The molecule has 0 amide bonds. The second-order valence-electron chi connectivity index (χ2n) is 5.58. The van der Waals surface area contributed by atoms with Crippen LogP contribution in [-0.4, -0.2) is 18.6 Å². The van der Waals surface area contributed by atoms with Crippen molar-refractivity contribution < 1.29 is 4.74 Å². The van der Waals surface area contributed by atoms with E-state index in [9.17, 15) is 0 Å². The van der Waals surface area contributed by atoms with Crippen molar-refractivity contribution in [2.24, 2.45) is 0 Å². The van der Waals surface area contributed by atoms with Gasteiger partial charge >= 0.3 is 0 Å². The lowest BCUT2D eigenvalue weighted by Gasteiger charge is -2.14. The minimum atomic E-state index is 0.270. The molecular formula is C18H26N2OS. The molecule has 2 aromatic rings. The topological polar surface area (TPSA) is 34.1 Å². The van der Waals surface area contributed by atoms with Crippen molar-refractivity contribution >= 4 is 11.3 Å². The molecule has 120 valence electrons. The van der Waals surface area contributed by atoms with Crippen molar-refractivity contribution in [3.8, 4) is 17.0 Å². The van der Waals surface area contributed by atoms with Crippen molar-refractivity contribution in [3.63, 3.8) is 0 Å². The van der Waals surface area contributed by atoms with Crippen LogP contribution in [0.25, 0.3) is 11.3 Å². The number of hydrogen-bond acceptors (Lipinski definition) is 4. The molecule has 0 radical (unpaired) electrons. The van der Waals surface area contributed by atoms with Crippen LogP contribution in [0.4, 0.5) is 0 Å². The smallest absolute Gasteiger partial charge is 0.128 e. The second-order valence-corrected chi connectivity index (χ2v) is 6.47. The Labute approximate surface area is 137 Å². The lowest BCUT2D eigenvalue weighted by Crippen LogP contribution is -2.11. The number of nitrogens with one attached hydrogen (secondary N) is 1. The summed E-state index contributed by atoms with van der Waals surface area (Å²) in [5, 5.41) is 6.47. The van der Waals surface area contributed by atoms with Crippen molar-refractivity contribution in [1.29, 1.82) is 0 Å². The summed E-state index contributed by atoms with van der Waals surface area (Å²) < 4.78 is 5.80. The molecule has 0 aliphatic rings. The van der Waals surface area contributed by atoms with Crippen LogP contribution < -0.4 is 10.1 Å². The maximum absolute atomic E-state index is 5.80. The molecule has 2 unspecified atom stereocenters. The van der Waals surface area contributed by atoms with Crippen LogP contribution in [0.3, 0.4) is 0 Å². The van der Waals surface area contributed by atoms with E-state index in [1.807, 2.05) is 14.0 Å². The maximum atomic E-state index is 5.80. The van der Waals surface area contributed by atoms with E-state index in [4.69, 9.17) is 9.72 Å². The molecule has 0 spiro atoms. The Morgan fingerprint density at radius 1 is 1.27 bits per heavy atom. The fraction of sp³-hybridized carbons (Fsp3) is 0.500. The Bertz CT molecular complexity index is 609. The number of thiazole rings is 1. The van der Waals surface area contributed by atoms with Crippen molar-refractivity contribution in [3.05, 3.63) is 34.2 Å². The molecule has 1 aromatic carbocycles. The third-order valence-electron chi connectivity index (χ3n) is 4.09. The van der Waals surface area contributed by atoms with E-state index in [-0.39, 0.29) is 6.04 Å². The van der Waals surface area contributed by atoms with Crippen LogP contribution in [0.15, 0.2) is 23.6 Å². The largest absolute Gasteiger partial charge is 0.493 e. The monoisotopic (exact) mass is 318 g/mol. The van der Waals surface area contributed by atoms with E-state index in [0.29, 0.717) is 12.5 Å². The molecule has 3 nitrogen and oxygen atoms in total. The first-order chi connectivity index (χ1) is 10.6. The number of nitrogens with zero attached hydrogens (tertiary/aromatic N) is 1. The molecule has 0 aliphatic heterocycles. The van der Waals surface area contributed by atoms with Gasteiger partial charge in [-0.2, -0.15) is 0 Å². The highest BCUT2D eigenvalue weighted by Crippen LogP contribution is 2.35. The predicted molar refractivity (Wildman–Crippen MR) is 94.9 cm³/mol. The van der Waals surface area contributed by atoms with Crippen LogP contribution >= 0.6 is 11.3 Å². The highest BCUT2D eigenvalue weighted by Gasteiger charge is 2.15. The van der Waals surface area contributed by atoms with Gasteiger partial charge in [-0.3, -0.25) is 0 Å². The van der Waals surface area contributed by atoms with Crippen molar-refractivity contribution in [2.75, 3.05) is 13.7 Å². The third-order valence-corrected chi connectivity index (χ3v) is 5.11. The van der Waals surface area contributed by atoms with Crippen LogP contribution in [0, 0.1) is 0 Å². The van der Waals surface area contributed by atoms with Gasteiger partial charge in [-0.25, -0.2) is 4.98 Å². The van der Waals surface area contributed by atoms with Crippen LogP contribution in [-0.2, 0) is 0 Å². The van der Waals surface area contributed by atoms with E-state index in [2.05, 4.69) is 49.7 Å². The molecule has 2 atom stereocenters. The highest BCUT2D eigenvalue weighted by molar-refractivity contribution is 7.10. The zero-order chi connectivity index (χ0) is 16.1. The minimum absolute atomic E-state index is 0.270. The number of benzene rings is 1.